The maximum atomic E-state index is 4.23. The van der Waals surface area contributed by atoms with E-state index < -0.39 is 0 Å². The molecule has 0 saturated heterocycles. The zero-order chi connectivity index (χ0) is 12.0. The van der Waals surface area contributed by atoms with Gasteiger partial charge in [-0.2, -0.15) is 5.10 Å². The zero-order valence-corrected chi connectivity index (χ0v) is 11.0. The summed E-state index contributed by atoms with van der Waals surface area (Å²) in [6, 6.07) is 0. The van der Waals surface area contributed by atoms with Gasteiger partial charge in [-0.15, -0.1) is 0 Å². The van der Waals surface area contributed by atoms with E-state index in [4.69, 9.17) is 0 Å². The summed E-state index contributed by atoms with van der Waals surface area (Å²) in [6.45, 7) is 8.92. The van der Waals surface area contributed by atoms with E-state index in [2.05, 4.69) is 37.4 Å². The molecule has 0 saturated carbocycles. The van der Waals surface area contributed by atoms with Gasteiger partial charge in [-0.3, -0.25) is 4.68 Å². The predicted molar refractivity (Wildman–Crippen MR) is 68.4 cm³/mol. The van der Waals surface area contributed by atoms with Crippen LogP contribution >= 0.6 is 0 Å². The molecule has 16 heavy (non-hydrogen) atoms. The maximum Gasteiger partial charge on any atom is 0.0521 e. The van der Waals surface area contributed by atoms with E-state index in [0.29, 0.717) is 0 Å². The molecule has 0 radical (unpaired) electrons. The van der Waals surface area contributed by atoms with Crippen LogP contribution < -0.4 is 5.32 Å². The summed E-state index contributed by atoms with van der Waals surface area (Å²) in [5.74, 6) is 1.49. The Morgan fingerprint density at radius 2 is 2.19 bits per heavy atom. The summed E-state index contributed by atoms with van der Waals surface area (Å²) in [5, 5.41) is 7.68. The number of hydrogen-bond acceptors (Lipinski definition) is 2. The lowest BCUT2D eigenvalue weighted by Crippen LogP contribution is -2.25. The molecule has 1 N–H and O–H groups in total. The largest absolute Gasteiger partial charge is 0.317 e. The molecule has 1 aromatic rings. The lowest BCUT2D eigenvalue weighted by molar-refractivity contribution is 0.388. The summed E-state index contributed by atoms with van der Waals surface area (Å²) >= 11 is 0. The molecule has 0 aliphatic rings. The van der Waals surface area contributed by atoms with Crippen molar-refractivity contribution in [3.05, 3.63) is 18.0 Å². The van der Waals surface area contributed by atoms with E-state index in [1.807, 2.05) is 17.9 Å². The fraction of sp³-hybridized carbons (Fsp3) is 0.769. The highest BCUT2D eigenvalue weighted by Gasteiger charge is 2.12. The third kappa shape index (κ3) is 4.79. The smallest absolute Gasteiger partial charge is 0.0521 e. The van der Waals surface area contributed by atoms with Gasteiger partial charge in [-0.1, -0.05) is 20.8 Å². The lowest BCUT2D eigenvalue weighted by atomic mass is 9.92. The molecule has 1 aromatic heterocycles. The van der Waals surface area contributed by atoms with Crippen molar-refractivity contribution >= 4 is 0 Å². The van der Waals surface area contributed by atoms with Crippen molar-refractivity contribution in [2.75, 3.05) is 13.1 Å². The van der Waals surface area contributed by atoms with Crippen molar-refractivity contribution in [1.82, 2.24) is 15.1 Å². The van der Waals surface area contributed by atoms with Crippen LogP contribution in [0.4, 0.5) is 0 Å². The van der Waals surface area contributed by atoms with Gasteiger partial charge in [0, 0.05) is 13.2 Å². The molecule has 0 aliphatic heterocycles. The highest BCUT2D eigenvalue weighted by Crippen LogP contribution is 2.16. The minimum absolute atomic E-state index is 0.726. The normalized spacial score (nSPS) is 13.3. The standard InChI is InChI=1S/C13H25N3/c1-5-14-8-12(6-11(2)3)7-13-9-15-16(4)10-13/h9-12,14H,5-8H2,1-4H3. The Labute approximate surface area is 99.2 Å². The zero-order valence-electron chi connectivity index (χ0n) is 11.0. The van der Waals surface area contributed by atoms with Gasteiger partial charge in [-0.05, 0) is 43.3 Å². The molecular formula is C13H25N3. The van der Waals surface area contributed by atoms with Crippen LogP contribution in [-0.2, 0) is 13.5 Å². The van der Waals surface area contributed by atoms with Crippen LogP contribution in [0, 0.1) is 11.8 Å². The highest BCUT2D eigenvalue weighted by molar-refractivity contribution is 5.04. The van der Waals surface area contributed by atoms with Crippen LogP contribution in [0.5, 0.6) is 0 Å². The average molecular weight is 223 g/mol. The Kier molecular flexibility index (Phi) is 5.53. The first kappa shape index (κ1) is 13.2. The topological polar surface area (TPSA) is 29.9 Å². The molecule has 0 aliphatic carbocycles. The Bertz CT molecular complexity index is 291. The lowest BCUT2D eigenvalue weighted by Gasteiger charge is -2.18. The third-order valence-electron chi connectivity index (χ3n) is 2.77. The van der Waals surface area contributed by atoms with Gasteiger partial charge in [0.05, 0.1) is 6.20 Å². The van der Waals surface area contributed by atoms with Gasteiger partial charge in [0.15, 0.2) is 0 Å². The molecule has 0 fully saturated rings. The van der Waals surface area contributed by atoms with E-state index in [1.165, 1.54) is 12.0 Å². The Morgan fingerprint density at radius 1 is 1.44 bits per heavy atom. The van der Waals surface area contributed by atoms with E-state index in [1.54, 1.807) is 0 Å². The van der Waals surface area contributed by atoms with Crippen LogP contribution in [0.2, 0.25) is 0 Å². The molecule has 1 heterocycles. The summed E-state index contributed by atoms with van der Waals surface area (Å²) in [7, 11) is 1.98. The van der Waals surface area contributed by atoms with E-state index in [9.17, 15) is 0 Å². The van der Waals surface area contributed by atoms with E-state index in [0.717, 1.165) is 31.3 Å². The van der Waals surface area contributed by atoms with Gasteiger partial charge in [0.25, 0.3) is 0 Å². The van der Waals surface area contributed by atoms with Gasteiger partial charge >= 0.3 is 0 Å². The Balaban J connectivity index is 2.48. The first-order valence-corrected chi connectivity index (χ1v) is 6.30. The second kappa shape index (κ2) is 6.69. The van der Waals surface area contributed by atoms with E-state index >= 15 is 0 Å². The Hall–Kier alpha value is -0.830. The maximum absolute atomic E-state index is 4.23. The van der Waals surface area contributed by atoms with Crippen molar-refractivity contribution in [1.29, 1.82) is 0 Å². The summed E-state index contributed by atoms with van der Waals surface area (Å²) < 4.78 is 1.88. The molecule has 0 aromatic carbocycles. The number of rotatable bonds is 7. The SMILES string of the molecule is CCNCC(Cc1cnn(C)c1)CC(C)C. The summed E-state index contributed by atoms with van der Waals surface area (Å²) in [4.78, 5) is 0. The Morgan fingerprint density at radius 3 is 2.69 bits per heavy atom. The van der Waals surface area contributed by atoms with Crippen LogP contribution in [-0.4, -0.2) is 22.9 Å². The monoisotopic (exact) mass is 223 g/mol. The second-order valence-electron chi connectivity index (χ2n) is 5.03. The summed E-state index contributed by atoms with van der Waals surface area (Å²) in [6.07, 6.45) is 6.53. The van der Waals surface area contributed by atoms with Crippen LogP contribution in [0.3, 0.4) is 0 Å². The quantitative estimate of drug-likeness (QED) is 0.768. The van der Waals surface area contributed by atoms with Crippen LogP contribution in [0.15, 0.2) is 12.4 Å². The van der Waals surface area contributed by atoms with Crippen molar-refractivity contribution in [3.63, 3.8) is 0 Å². The molecule has 1 rings (SSSR count). The molecule has 0 amide bonds. The molecule has 3 nitrogen and oxygen atoms in total. The highest BCUT2D eigenvalue weighted by atomic mass is 15.2. The number of aryl methyl sites for hydroxylation is 1. The van der Waals surface area contributed by atoms with Gasteiger partial charge < -0.3 is 5.32 Å². The molecule has 0 bridgehead atoms. The van der Waals surface area contributed by atoms with Crippen molar-refractivity contribution in [2.45, 2.75) is 33.6 Å². The number of hydrogen-bond donors (Lipinski definition) is 1. The first-order chi connectivity index (χ1) is 7.61. The molecule has 3 heteroatoms. The third-order valence-corrected chi connectivity index (χ3v) is 2.77. The predicted octanol–water partition coefficient (Wildman–Crippen LogP) is 2.23. The van der Waals surface area contributed by atoms with Crippen LogP contribution in [0.1, 0.15) is 32.8 Å². The van der Waals surface area contributed by atoms with Crippen molar-refractivity contribution in [3.8, 4) is 0 Å². The fourth-order valence-electron chi connectivity index (χ4n) is 2.16. The molecule has 1 unspecified atom stereocenters. The molecule has 1 atom stereocenters. The second-order valence-corrected chi connectivity index (χ2v) is 5.03. The van der Waals surface area contributed by atoms with Gasteiger partial charge in [-0.25, -0.2) is 0 Å². The molecular weight excluding hydrogens is 198 g/mol. The van der Waals surface area contributed by atoms with Crippen molar-refractivity contribution < 1.29 is 0 Å². The average Bonchev–Trinajstić information content (AvgIpc) is 2.59. The summed E-state index contributed by atoms with van der Waals surface area (Å²) in [5.41, 5.74) is 1.35. The number of nitrogens with one attached hydrogen (secondary N) is 1. The number of aromatic nitrogens is 2. The van der Waals surface area contributed by atoms with Gasteiger partial charge in [0.1, 0.15) is 0 Å². The van der Waals surface area contributed by atoms with E-state index in [-0.39, 0.29) is 0 Å². The number of nitrogens with zero attached hydrogens (tertiary/aromatic N) is 2. The minimum Gasteiger partial charge on any atom is -0.317 e. The molecule has 92 valence electrons. The van der Waals surface area contributed by atoms with Gasteiger partial charge in [0.2, 0.25) is 0 Å². The minimum atomic E-state index is 0.726. The molecule has 0 spiro atoms. The van der Waals surface area contributed by atoms with Crippen LogP contribution in [0.25, 0.3) is 0 Å². The first-order valence-electron chi connectivity index (χ1n) is 6.30. The van der Waals surface area contributed by atoms with Crippen molar-refractivity contribution in [2.24, 2.45) is 18.9 Å². The fourth-order valence-corrected chi connectivity index (χ4v) is 2.16.